The third-order valence-corrected chi connectivity index (χ3v) is 2.57. The van der Waals surface area contributed by atoms with Gasteiger partial charge in [0, 0.05) is 19.4 Å². The van der Waals surface area contributed by atoms with Crippen LogP contribution in [-0.4, -0.2) is 20.6 Å². The van der Waals surface area contributed by atoms with Crippen LogP contribution < -0.4 is 4.74 Å². The van der Waals surface area contributed by atoms with Crippen LogP contribution in [0.1, 0.15) is 11.4 Å². The predicted molar refractivity (Wildman–Crippen MR) is 65.3 cm³/mol. The molecule has 1 aromatic carbocycles. The fourth-order valence-corrected chi connectivity index (χ4v) is 1.56. The maximum absolute atomic E-state index is 10.5. The Balaban J connectivity index is 1.94. The SMILES string of the molecule is Cn1ccnc1COc1ccc(CC(=O)O)cc1. The minimum absolute atomic E-state index is 0.0274. The monoisotopic (exact) mass is 246 g/mol. The second kappa shape index (κ2) is 5.35. The lowest BCUT2D eigenvalue weighted by Gasteiger charge is -2.06. The van der Waals surface area contributed by atoms with Crippen molar-refractivity contribution in [2.24, 2.45) is 7.05 Å². The Bertz CT molecular complexity index is 531. The zero-order valence-corrected chi connectivity index (χ0v) is 10.0. The zero-order chi connectivity index (χ0) is 13.0. The van der Waals surface area contributed by atoms with Gasteiger partial charge >= 0.3 is 5.97 Å². The number of nitrogens with zero attached hydrogens (tertiary/aromatic N) is 2. The van der Waals surface area contributed by atoms with Crippen LogP contribution in [0.5, 0.6) is 5.75 Å². The fourth-order valence-electron chi connectivity index (χ4n) is 1.56. The number of carboxylic acids is 1. The molecule has 0 bridgehead atoms. The highest BCUT2D eigenvalue weighted by Gasteiger charge is 2.02. The van der Waals surface area contributed by atoms with Crippen LogP contribution in [0.4, 0.5) is 0 Å². The number of imidazole rings is 1. The van der Waals surface area contributed by atoms with E-state index in [0.29, 0.717) is 12.4 Å². The Hall–Kier alpha value is -2.30. The number of aryl methyl sites for hydroxylation is 1. The summed E-state index contributed by atoms with van der Waals surface area (Å²) in [5, 5.41) is 8.65. The normalized spacial score (nSPS) is 10.3. The van der Waals surface area contributed by atoms with E-state index < -0.39 is 5.97 Å². The molecule has 0 aliphatic heterocycles. The van der Waals surface area contributed by atoms with Crippen molar-refractivity contribution in [1.82, 2.24) is 9.55 Å². The first-order valence-corrected chi connectivity index (χ1v) is 5.55. The third-order valence-electron chi connectivity index (χ3n) is 2.57. The zero-order valence-electron chi connectivity index (χ0n) is 10.0. The van der Waals surface area contributed by atoms with Gasteiger partial charge in [0.15, 0.2) is 0 Å². The van der Waals surface area contributed by atoms with E-state index in [-0.39, 0.29) is 6.42 Å². The molecule has 1 N–H and O–H groups in total. The van der Waals surface area contributed by atoms with Crippen LogP contribution in [0, 0.1) is 0 Å². The van der Waals surface area contributed by atoms with Crippen LogP contribution >= 0.6 is 0 Å². The molecule has 0 aliphatic carbocycles. The molecule has 2 rings (SSSR count). The summed E-state index contributed by atoms with van der Waals surface area (Å²) in [5.41, 5.74) is 0.756. The highest BCUT2D eigenvalue weighted by Crippen LogP contribution is 2.14. The molecule has 1 heterocycles. The van der Waals surface area contributed by atoms with E-state index in [4.69, 9.17) is 9.84 Å². The van der Waals surface area contributed by atoms with Gasteiger partial charge in [0.1, 0.15) is 18.2 Å². The van der Waals surface area contributed by atoms with Crippen molar-refractivity contribution in [3.63, 3.8) is 0 Å². The summed E-state index contributed by atoms with van der Waals surface area (Å²) < 4.78 is 7.45. The number of benzene rings is 1. The van der Waals surface area contributed by atoms with Gasteiger partial charge in [-0.15, -0.1) is 0 Å². The van der Waals surface area contributed by atoms with E-state index in [1.54, 1.807) is 30.5 Å². The predicted octanol–water partition coefficient (Wildman–Crippen LogP) is 1.63. The lowest BCUT2D eigenvalue weighted by molar-refractivity contribution is -0.136. The van der Waals surface area contributed by atoms with Crippen LogP contribution in [0.3, 0.4) is 0 Å². The standard InChI is InChI=1S/C13H14N2O3/c1-15-7-6-14-12(15)9-18-11-4-2-10(3-5-11)8-13(16)17/h2-7H,8-9H2,1H3,(H,16,17). The van der Waals surface area contributed by atoms with E-state index in [0.717, 1.165) is 11.4 Å². The van der Waals surface area contributed by atoms with Crippen molar-refractivity contribution < 1.29 is 14.6 Å². The average Bonchev–Trinajstić information content (AvgIpc) is 2.73. The van der Waals surface area contributed by atoms with Crippen molar-refractivity contribution in [3.8, 4) is 5.75 Å². The van der Waals surface area contributed by atoms with Gasteiger partial charge in [-0.05, 0) is 17.7 Å². The quantitative estimate of drug-likeness (QED) is 0.870. The van der Waals surface area contributed by atoms with Crippen LogP contribution in [0.25, 0.3) is 0 Å². The molecule has 2 aromatic rings. The van der Waals surface area contributed by atoms with E-state index >= 15 is 0 Å². The van der Waals surface area contributed by atoms with E-state index in [9.17, 15) is 4.79 Å². The average molecular weight is 246 g/mol. The number of carboxylic acid groups (broad SMARTS) is 1. The van der Waals surface area contributed by atoms with Crippen molar-refractivity contribution in [1.29, 1.82) is 0 Å². The summed E-state index contributed by atoms with van der Waals surface area (Å²) >= 11 is 0. The molecule has 0 saturated carbocycles. The second-order valence-corrected chi connectivity index (χ2v) is 3.96. The molecule has 0 aliphatic rings. The van der Waals surface area contributed by atoms with Gasteiger partial charge in [-0.2, -0.15) is 0 Å². The number of rotatable bonds is 5. The Labute approximate surface area is 105 Å². The minimum Gasteiger partial charge on any atom is -0.486 e. The third kappa shape index (κ3) is 3.10. The Morgan fingerprint density at radius 1 is 1.39 bits per heavy atom. The van der Waals surface area contributed by atoms with Crippen molar-refractivity contribution >= 4 is 5.97 Å². The van der Waals surface area contributed by atoms with Gasteiger partial charge in [0.2, 0.25) is 0 Å². The Morgan fingerprint density at radius 2 is 2.11 bits per heavy atom. The summed E-state index contributed by atoms with van der Waals surface area (Å²) in [6.45, 7) is 0.391. The molecular formula is C13H14N2O3. The highest BCUT2D eigenvalue weighted by molar-refractivity contribution is 5.70. The van der Waals surface area contributed by atoms with Gasteiger partial charge in [-0.1, -0.05) is 12.1 Å². The first kappa shape index (κ1) is 12.2. The number of hydrogen-bond donors (Lipinski definition) is 1. The smallest absolute Gasteiger partial charge is 0.307 e. The summed E-state index contributed by atoms with van der Waals surface area (Å²) in [5.74, 6) is 0.702. The van der Waals surface area contributed by atoms with Crippen LogP contribution in [0.2, 0.25) is 0 Å². The highest BCUT2D eigenvalue weighted by atomic mass is 16.5. The van der Waals surface area contributed by atoms with Crippen molar-refractivity contribution in [3.05, 3.63) is 48.0 Å². The lowest BCUT2D eigenvalue weighted by Crippen LogP contribution is -2.03. The maximum atomic E-state index is 10.5. The number of carbonyl (C=O) groups is 1. The molecule has 0 saturated heterocycles. The summed E-state index contributed by atoms with van der Waals surface area (Å²) in [7, 11) is 1.90. The molecule has 0 radical (unpaired) electrons. The van der Waals surface area contributed by atoms with Crippen LogP contribution in [-0.2, 0) is 24.9 Å². The molecule has 18 heavy (non-hydrogen) atoms. The first-order chi connectivity index (χ1) is 8.65. The minimum atomic E-state index is -0.836. The summed E-state index contributed by atoms with van der Waals surface area (Å²) in [6.07, 6.45) is 3.60. The number of aromatic nitrogens is 2. The Kier molecular flexibility index (Phi) is 3.62. The number of ether oxygens (including phenoxy) is 1. The number of aliphatic carboxylic acids is 1. The van der Waals surface area contributed by atoms with Crippen molar-refractivity contribution in [2.45, 2.75) is 13.0 Å². The van der Waals surface area contributed by atoms with Gasteiger partial charge in [0.05, 0.1) is 6.42 Å². The van der Waals surface area contributed by atoms with Crippen LogP contribution in [0.15, 0.2) is 36.7 Å². The molecule has 0 unspecified atom stereocenters. The summed E-state index contributed by atoms with van der Waals surface area (Å²) in [4.78, 5) is 14.7. The van der Waals surface area contributed by atoms with E-state index in [1.165, 1.54) is 0 Å². The molecule has 0 fully saturated rings. The molecule has 0 spiro atoms. The molecule has 5 nitrogen and oxygen atoms in total. The molecular weight excluding hydrogens is 232 g/mol. The lowest BCUT2D eigenvalue weighted by atomic mass is 10.1. The molecule has 0 atom stereocenters. The molecule has 1 aromatic heterocycles. The fraction of sp³-hybridized carbons (Fsp3) is 0.231. The largest absolute Gasteiger partial charge is 0.486 e. The second-order valence-electron chi connectivity index (χ2n) is 3.96. The van der Waals surface area contributed by atoms with Gasteiger partial charge in [0.25, 0.3) is 0 Å². The molecule has 94 valence electrons. The van der Waals surface area contributed by atoms with Crippen molar-refractivity contribution in [2.75, 3.05) is 0 Å². The Morgan fingerprint density at radius 3 is 2.67 bits per heavy atom. The van der Waals surface area contributed by atoms with Gasteiger partial charge in [-0.3, -0.25) is 4.79 Å². The first-order valence-electron chi connectivity index (χ1n) is 5.55. The number of hydrogen-bond acceptors (Lipinski definition) is 3. The van der Waals surface area contributed by atoms with Gasteiger partial charge in [-0.25, -0.2) is 4.98 Å². The van der Waals surface area contributed by atoms with E-state index in [2.05, 4.69) is 4.98 Å². The summed E-state index contributed by atoms with van der Waals surface area (Å²) in [6, 6.07) is 7.03. The maximum Gasteiger partial charge on any atom is 0.307 e. The van der Waals surface area contributed by atoms with E-state index in [1.807, 2.05) is 17.8 Å². The molecule has 5 heteroatoms. The van der Waals surface area contributed by atoms with Gasteiger partial charge < -0.3 is 14.4 Å². The molecule has 0 amide bonds. The topological polar surface area (TPSA) is 64.4 Å².